The van der Waals surface area contributed by atoms with E-state index in [1.807, 2.05) is 0 Å². The Hall–Kier alpha value is -2.89. The van der Waals surface area contributed by atoms with Gasteiger partial charge in [-0.25, -0.2) is 13.8 Å². The fourth-order valence-electron chi connectivity index (χ4n) is 4.31. The third kappa shape index (κ3) is 4.61. The Morgan fingerprint density at radius 1 is 1.33 bits per heavy atom. The van der Waals surface area contributed by atoms with Crippen LogP contribution in [-0.2, 0) is 11.8 Å². The topological polar surface area (TPSA) is 98.3 Å². The minimum absolute atomic E-state index is 0.0616. The average molecular weight is 477 g/mol. The van der Waals surface area contributed by atoms with E-state index >= 15 is 0 Å². The molecule has 1 saturated heterocycles. The molecule has 33 heavy (non-hydrogen) atoms. The van der Waals surface area contributed by atoms with Crippen molar-refractivity contribution < 1.29 is 18.3 Å². The normalized spacial score (nSPS) is 21.2. The van der Waals surface area contributed by atoms with Crippen LogP contribution in [-0.4, -0.2) is 53.0 Å². The Bertz CT molecular complexity index is 1130. The van der Waals surface area contributed by atoms with Gasteiger partial charge in [-0.1, -0.05) is 13.0 Å². The van der Waals surface area contributed by atoms with E-state index in [9.17, 15) is 13.6 Å². The van der Waals surface area contributed by atoms with Gasteiger partial charge < -0.3 is 20.7 Å². The summed E-state index contributed by atoms with van der Waals surface area (Å²) in [6.45, 7) is 3.45. The molecule has 1 fully saturated rings. The van der Waals surface area contributed by atoms with Gasteiger partial charge in [-0.15, -0.1) is 11.3 Å². The smallest absolute Gasteiger partial charge is 0.275 e. The van der Waals surface area contributed by atoms with Crippen LogP contribution < -0.4 is 16.0 Å². The number of hydrogen-bond acceptors (Lipinski definition) is 7. The molecule has 0 aliphatic carbocycles. The van der Waals surface area contributed by atoms with Crippen LogP contribution in [0.15, 0.2) is 29.8 Å². The summed E-state index contributed by atoms with van der Waals surface area (Å²) in [5.74, 6) is -1.03. The molecule has 0 saturated carbocycles. The van der Waals surface area contributed by atoms with E-state index in [-0.39, 0.29) is 34.3 Å². The lowest BCUT2D eigenvalue weighted by Gasteiger charge is -2.28. The van der Waals surface area contributed by atoms with Crippen molar-refractivity contribution in [2.24, 2.45) is 18.7 Å². The number of nitrogens with zero attached hydrogens (tertiary/aromatic N) is 4. The predicted molar refractivity (Wildman–Crippen MR) is 123 cm³/mol. The van der Waals surface area contributed by atoms with Gasteiger partial charge in [0.05, 0.1) is 17.9 Å². The van der Waals surface area contributed by atoms with Crippen LogP contribution in [0.5, 0.6) is 0 Å². The van der Waals surface area contributed by atoms with Crippen molar-refractivity contribution in [1.82, 2.24) is 14.8 Å². The van der Waals surface area contributed by atoms with Crippen LogP contribution in [0.2, 0.25) is 0 Å². The van der Waals surface area contributed by atoms with E-state index in [4.69, 9.17) is 10.5 Å². The summed E-state index contributed by atoms with van der Waals surface area (Å²) in [5.41, 5.74) is 6.64. The Kier molecular flexibility index (Phi) is 6.73. The minimum Gasteiger partial charge on any atom is -0.379 e. The highest BCUT2D eigenvalue weighted by atomic mass is 32.1. The zero-order valence-electron chi connectivity index (χ0n) is 18.6. The number of aromatic nitrogens is 3. The third-order valence-corrected chi connectivity index (χ3v) is 6.72. The molecule has 1 aromatic carbocycles. The fraction of sp³-hybridized carbons (Fsp3) is 0.409. The highest BCUT2D eigenvalue weighted by molar-refractivity contribution is 7.13. The molecule has 2 aromatic heterocycles. The van der Waals surface area contributed by atoms with Gasteiger partial charge >= 0.3 is 0 Å². The predicted octanol–water partition coefficient (Wildman–Crippen LogP) is 3.26. The van der Waals surface area contributed by atoms with E-state index in [1.165, 1.54) is 11.4 Å². The monoisotopic (exact) mass is 476 g/mol. The van der Waals surface area contributed by atoms with E-state index < -0.39 is 17.5 Å². The van der Waals surface area contributed by atoms with Gasteiger partial charge in [-0.2, -0.15) is 5.10 Å². The Morgan fingerprint density at radius 2 is 2.06 bits per heavy atom. The molecule has 8 nitrogen and oxygen atoms in total. The van der Waals surface area contributed by atoms with Crippen molar-refractivity contribution >= 4 is 28.7 Å². The zero-order chi connectivity index (χ0) is 23.7. The number of ether oxygens (including phenoxy) is 1. The van der Waals surface area contributed by atoms with Gasteiger partial charge in [0.25, 0.3) is 5.91 Å². The average Bonchev–Trinajstić information content (AvgIpc) is 3.35. The molecule has 176 valence electrons. The number of benzene rings is 1. The van der Waals surface area contributed by atoms with Crippen molar-refractivity contribution in [3.63, 3.8) is 0 Å². The van der Waals surface area contributed by atoms with Gasteiger partial charge in [-0.05, 0) is 18.6 Å². The first-order valence-electron chi connectivity index (χ1n) is 10.6. The van der Waals surface area contributed by atoms with Crippen LogP contribution in [0.25, 0.3) is 10.6 Å². The van der Waals surface area contributed by atoms with Crippen LogP contribution in [0, 0.1) is 17.6 Å². The van der Waals surface area contributed by atoms with Gasteiger partial charge in [-0.3, -0.25) is 9.48 Å². The molecule has 3 aromatic rings. The van der Waals surface area contributed by atoms with Gasteiger partial charge in [0.15, 0.2) is 5.82 Å². The number of carbonyl (C=O) groups excluding carboxylic acids is 1. The highest BCUT2D eigenvalue weighted by Gasteiger charge is 2.32. The summed E-state index contributed by atoms with van der Waals surface area (Å²) in [5, 5.41) is 8.73. The number of aryl methyl sites for hydroxylation is 1. The second kappa shape index (κ2) is 9.54. The van der Waals surface area contributed by atoms with Gasteiger partial charge in [0.2, 0.25) is 0 Å². The Morgan fingerprint density at radius 3 is 2.76 bits per heavy atom. The summed E-state index contributed by atoms with van der Waals surface area (Å²) in [4.78, 5) is 19.2. The van der Waals surface area contributed by atoms with Crippen LogP contribution in [0.4, 0.5) is 20.3 Å². The number of anilines is 2. The zero-order valence-corrected chi connectivity index (χ0v) is 19.4. The van der Waals surface area contributed by atoms with Crippen LogP contribution in [0.3, 0.4) is 0 Å². The van der Waals surface area contributed by atoms with E-state index in [0.29, 0.717) is 18.8 Å². The third-order valence-electron chi connectivity index (χ3n) is 5.86. The van der Waals surface area contributed by atoms with Crippen molar-refractivity contribution in [3.8, 4) is 10.6 Å². The number of carbonyl (C=O) groups is 1. The lowest BCUT2D eigenvalue weighted by Crippen LogP contribution is -2.40. The second-order valence-electron chi connectivity index (χ2n) is 8.17. The molecule has 0 radical (unpaired) electrons. The first kappa shape index (κ1) is 23.3. The fourth-order valence-corrected chi connectivity index (χ4v) is 5.16. The Balaban J connectivity index is 1.56. The molecule has 1 amide bonds. The number of methoxy groups -OCH3 is 1. The van der Waals surface area contributed by atoms with Gasteiger partial charge in [0.1, 0.15) is 28.0 Å². The number of nitrogens with one attached hydrogen (secondary N) is 1. The largest absolute Gasteiger partial charge is 0.379 e. The molecule has 1 aliphatic heterocycles. The molecule has 0 unspecified atom stereocenters. The molecule has 3 heterocycles. The van der Waals surface area contributed by atoms with Crippen LogP contribution >= 0.6 is 11.3 Å². The summed E-state index contributed by atoms with van der Waals surface area (Å²) in [7, 11) is 3.47. The van der Waals surface area contributed by atoms with Gasteiger partial charge in [0, 0.05) is 44.6 Å². The van der Waals surface area contributed by atoms with E-state index in [0.717, 1.165) is 35.7 Å². The van der Waals surface area contributed by atoms with E-state index in [2.05, 4.69) is 27.2 Å². The minimum atomic E-state index is -0.728. The number of halogens is 2. The number of rotatable bonds is 5. The standard InChI is InChI=1S/C22H26F2N6O2S/c1-12-10-30(8-7-15(25)19(12)32-3)22-16(9-26-29(22)2)27-20(31)17-11-33-21(28-17)18-13(23)5-4-6-14(18)24/h4-6,9,11-12,15,19H,7-8,10,25H2,1-3H3,(H,27,31)/t12-,15-,19-/m0/s1. The lowest BCUT2D eigenvalue weighted by atomic mass is 9.98. The molecule has 0 bridgehead atoms. The van der Waals surface area contributed by atoms with Crippen molar-refractivity contribution in [1.29, 1.82) is 0 Å². The first-order valence-corrected chi connectivity index (χ1v) is 11.4. The number of nitrogens with two attached hydrogens (primary N) is 1. The molecular weight excluding hydrogens is 450 g/mol. The quantitative estimate of drug-likeness (QED) is 0.587. The maximum absolute atomic E-state index is 14.1. The van der Waals surface area contributed by atoms with Crippen molar-refractivity contribution in [2.45, 2.75) is 25.5 Å². The Labute approximate surface area is 194 Å². The van der Waals surface area contributed by atoms with Crippen LogP contribution in [0.1, 0.15) is 23.8 Å². The SMILES string of the molecule is CO[C@H]1[C@@H](C)CN(c2c(NC(=O)c3csc(-c4c(F)cccc4F)n3)cnn2C)CC[C@@H]1N. The first-order chi connectivity index (χ1) is 15.8. The molecular formula is C22H26F2N6O2S. The summed E-state index contributed by atoms with van der Waals surface area (Å²) < 4.78 is 35.5. The number of hydrogen-bond donors (Lipinski definition) is 2. The molecule has 0 spiro atoms. The number of amides is 1. The molecule has 4 rings (SSSR count). The molecule has 3 N–H and O–H groups in total. The summed E-state index contributed by atoms with van der Waals surface area (Å²) >= 11 is 1.00. The maximum atomic E-state index is 14.1. The van der Waals surface area contributed by atoms with Crippen molar-refractivity contribution in [2.75, 3.05) is 30.4 Å². The molecule has 3 atom stereocenters. The van der Waals surface area contributed by atoms with E-state index in [1.54, 1.807) is 25.0 Å². The number of thiazole rings is 1. The summed E-state index contributed by atoms with van der Waals surface area (Å²) in [6.07, 6.45) is 2.24. The maximum Gasteiger partial charge on any atom is 0.275 e. The highest BCUT2D eigenvalue weighted by Crippen LogP contribution is 2.32. The second-order valence-corrected chi connectivity index (χ2v) is 9.03. The van der Waals surface area contributed by atoms with Crippen molar-refractivity contribution in [3.05, 3.63) is 47.1 Å². The molecule has 11 heteroatoms. The molecule has 1 aliphatic rings. The lowest BCUT2D eigenvalue weighted by molar-refractivity contribution is 0.0447. The summed E-state index contributed by atoms with van der Waals surface area (Å²) in [6, 6.07) is 3.51.